The summed E-state index contributed by atoms with van der Waals surface area (Å²) in [5, 5.41) is 0.186. The molecule has 0 aliphatic carbocycles. The molecule has 0 fully saturated rings. The third-order valence-electron chi connectivity index (χ3n) is 6.97. The molecular weight excluding hydrogens is 534 g/mol. The number of carbonyl (C=O) groups is 2. The van der Waals surface area contributed by atoms with E-state index in [1.54, 1.807) is 40.3 Å². The van der Waals surface area contributed by atoms with Crippen LogP contribution < -0.4 is 4.90 Å². The van der Waals surface area contributed by atoms with Crippen molar-refractivity contribution in [3.63, 3.8) is 0 Å². The topological polar surface area (TPSA) is 56.8 Å². The quantitative estimate of drug-likeness (QED) is 0.380. The minimum Gasteiger partial charge on any atom is -0.338 e. The van der Waals surface area contributed by atoms with Gasteiger partial charge in [-0.3, -0.25) is 14.6 Å². The van der Waals surface area contributed by atoms with Crippen LogP contribution >= 0.6 is 11.6 Å². The van der Waals surface area contributed by atoms with Crippen molar-refractivity contribution < 1.29 is 18.4 Å². The Morgan fingerprint density at radius 3 is 2.48 bits per heavy atom. The smallest absolute Gasteiger partial charge is 0.259 e. The molecule has 2 aromatic carbocycles. The van der Waals surface area contributed by atoms with Gasteiger partial charge in [-0.15, -0.1) is 0 Å². The Morgan fingerprint density at radius 1 is 1.00 bits per heavy atom. The Labute approximate surface area is 239 Å². The Bertz CT molecular complexity index is 1300. The fourth-order valence-corrected chi connectivity index (χ4v) is 5.36. The third-order valence-corrected chi connectivity index (χ3v) is 7.33. The Balaban J connectivity index is 1.72. The van der Waals surface area contributed by atoms with Crippen molar-refractivity contribution in [2.45, 2.75) is 39.7 Å². The second-order valence-electron chi connectivity index (χ2n) is 10.6. The maximum Gasteiger partial charge on any atom is 0.259 e. The molecule has 0 N–H and O–H groups in total. The molecule has 6 nitrogen and oxygen atoms in total. The number of pyridine rings is 1. The van der Waals surface area contributed by atoms with Crippen LogP contribution in [0.2, 0.25) is 5.02 Å². The Kier molecular flexibility index (Phi) is 10.2. The second kappa shape index (κ2) is 13.8. The largest absolute Gasteiger partial charge is 0.338 e. The zero-order chi connectivity index (χ0) is 28.6. The number of amides is 2. The molecule has 1 aromatic heterocycles. The number of rotatable bonds is 5. The summed E-state index contributed by atoms with van der Waals surface area (Å²) in [6.45, 7) is 7.61. The number of benzene rings is 2. The van der Waals surface area contributed by atoms with Crippen molar-refractivity contribution in [3.05, 3.63) is 94.3 Å². The fraction of sp³-hybridized carbons (Fsp3) is 0.387. The van der Waals surface area contributed by atoms with E-state index in [1.165, 1.54) is 30.5 Å². The van der Waals surface area contributed by atoms with Gasteiger partial charge in [-0.1, -0.05) is 31.5 Å². The lowest BCUT2D eigenvalue weighted by Crippen LogP contribution is -2.40. The highest BCUT2D eigenvalue weighted by molar-refractivity contribution is 6.31. The number of fused-ring (bicyclic) bond motifs is 1. The first-order valence-corrected chi connectivity index (χ1v) is 14.0. The molecule has 40 heavy (non-hydrogen) atoms. The van der Waals surface area contributed by atoms with Gasteiger partial charge in [-0.25, -0.2) is 8.78 Å². The zero-order valence-electron chi connectivity index (χ0n) is 23.0. The molecule has 0 radical (unpaired) electrons. The molecule has 212 valence electrons. The first-order valence-electron chi connectivity index (χ1n) is 13.7. The lowest BCUT2D eigenvalue weighted by Gasteiger charge is -2.32. The lowest BCUT2D eigenvalue weighted by molar-refractivity contribution is -0.131. The van der Waals surface area contributed by atoms with E-state index in [0.29, 0.717) is 42.2 Å². The molecule has 3 aromatic rings. The summed E-state index contributed by atoms with van der Waals surface area (Å²) in [5.41, 5.74) is 1.60. The van der Waals surface area contributed by atoms with Gasteiger partial charge in [-0.2, -0.15) is 0 Å². The van der Waals surface area contributed by atoms with Crippen LogP contribution in [0.25, 0.3) is 0 Å². The van der Waals surface area contributed by atoms with Gasteiger partial charge in [-0.05, 0) is 79.9 Å². The summed E-state index contributed by atoms with van der Waals surface area (Å²) in [4.78, 5) is 37.0. The Morgan fingerprint density at radius 2 is 1.77 bits per heavy atom. The summed E-state index contributed by atoms with van der Waals surface area (Å²) in [7, 11) is 0. The highest BCUT2D eigenvalue weighted by Gasteiger charge is 2.25. The van der Waals surface area contributed by atoms with Gasteiger partial charge in [0.1, 0.15) is 11.6 Å². The van der Waals surface area contributed by atoms with E-state index in [1.807, 2.05) is 0 Å². The van der Waals surface area contributed by atoms with E-state index in [4.69, 9.17) is 11.6 Å². The number of aromatic nitrogens is 1. The highest BCUT2D eigenvalue weighted by atomic mass is 35.5. The van der Waals surface area contributed by atoms with Crippen molar-refractivity contribution in [2.24, 2.45) is 5.92 Å². The maximum atomic E-state index is 14.6. The number of anilines is 1. The lowest BCUT2D eigenvalue weighted by atomic mass is 10.1. The van der Waals surface area contributed by atoms with Gasteiger partial charge in [0.2, 0.25) is 5.91 Å². The van der Waals surface area contributed by atoms with E-state index in [9.17, 15) is 18.4 Å². The molecule has 2 amide bonds. The van der Waals surface area contributed by atoms with E-state index in [0.717, 1.165) is 26.1 Å². The van der Waals surface area contributed by atoms with Crippen LogP contribution in [0.4, 0.5) is 14.5 Å². The van der Waals surface area contributed by atoms with Crippen LogP contribution in [0.1, 0.15) is 48.2 Å². The summed E-state index contributed by atoms with van der Waals surface area (Å²) in [6.07, 6.45) is 4.33. The molecule has 0 saturated carbocycles. The van der Waals surface area contributed by atoms with Crippen molar-refractivity contribution in [2.75, 3.05) is 37.6 Å². The molecule has 1 aliphatic heterocycles. The fourth-order valence-electron chi connectivity index (χ4n) is 5.13. The minimum absolute atomic E-state index is 0.0685. The standard InChI is InChI=1S/C31H35ClF2N4O2/c1-22(2)20-36-13-5-15-37(30(39)18-26-27(32)8-3-9-28(26)34)21-24-17-25(33)10-11-29(24)38(16-6-14-36)31(40)23-7-4-12-35-19-23/h3-4,7-12,17,19,22H,5-6,13-16,18,20-21H2,1-2H3. The van der Waals surface area contributed by atoms with Crippen LogP contribution in [-0.2, 0) is 17.8 Å². The van der Waals surface area contributed by atoms with Crippen molar-refractivity contribution in [1.82, 2.24) is 14.8 Å². The van der Waals surface area contributed by atoms with E-state index < -0.39 is 11.6 Å². The molecule has 0 unspecified atom stereocenters. The van der Waals surface area contributed by atoms with Crippen LogP contribution in [0.5, 0.6) is 0 Å². The molecule has 0 spiro atoms. The van der Waals surface area contributed by atoms with Crippen molar-refractivity contribution >= 4 is 29.1 Å². The predicted octanol–water partition coefficient (Wildman–Crippen LogP) is 5.98. The van der Waals surface area contributed by atoms with Crippen LogP contribution in [0.15, 0.2) is 60.9 Å². The number of halogens is 3. The van der Waals surface area contributed by atoms with E-state index in [2.05, 4.69) is 23.7 Å². The predicted molar refractivity (Wildman–Crippen MR) is 153 cm³/mol. The van der Waals surface area contributed by atoms with Gasteiger partial charge in [0.25, 0.3) is 5.91 Å². The summed E-state index contributed by atoms with van der Waals surface area (Å²) in [5.74, 6) is -1.12. The molecular formula is C31H35ClF2N4O2. The molecule has 2 heterocycles. The summed E-state index contributed by atoms with van der Waals surface area (Å²) < 4.78 is 29.1. The zero-order valence-corrected chi connectivity index (χ0v) is 23.7. The molecule has 9 heteroatoms. The first kappa shape index (κ1) is 29.6. The van der Waals surface area contributed by atoms with Gasteiger partial charge in [0, 0.05) is 54.8 Å². The van der Waals surface area contributed by atoms with Crippen molar-refractivity contribution in [3.8, 4) is 0 Å². The maximum absolute atomic E-state index is 14.6. The van der Waals surface area contributed by atoms with Crippen molar-refractivity contribution in [1.29, 1.82) is 0 Å². The number of carbonyl (C=O) groups excluding carboxylic acids is 2. The molecule has 1 aliphatic rings. The third kappa shape index (κ3) is 7.64. The number of hydrogen-bond acceptors (Lipinski definition) is 4. The molecule has 0 bridgehead atoms. The average molecular weight is 569 g/mol. The molecule has 0 saturated heterocycles. The van der Waals surface area contributed by atoms with E-state index >= 15 is 0 Å². The highest BCUT2D eigenvalue weighted by Crippen LogP contribution is 2.27. The van der Waals surface area contributed by atoms with Gasteiger partial charge < -0.3 is 14.7 Å². The van der Waals surface area contributed by atoms with Crippen LogP contribution in [-0.4, -0.2) is 59.3 Å². The average Bonchev–Trinajstić information content (AvgIpc) is 2.92. The van der Waals surface area contributed by atoms with Gasteiger partial charge in [0.15, 0.2) is 0 Å². The summed E-state index contributed by atoms with van der Waals surface area (Å²) >= 11 is 6.22. The molecule has 4 rings (SSSR count). The molecule has 0 atom stereocenters. The van der Waals surface area contributed by atoms with E-state index in [-0.39, 0.29) is 35.4 Å². The normalized spacial score (nSPS) is 15.3. The van der Waals surface area contributed by atoms with Crippen LogP contribution in [0.3, 0.4) is 0 Å². The Hall–Kier alpha value is -3.36. The minimum atomic E-state index is -0.544. The van der Waals surface area contributed by atoms with Crippen LogP contribution in [0, 0.1) is 17.6 Å². The van der Waals surface area contributed by atoms with Gasteiger partial charge >= 0.3 is 0 Å². The second-order valence-corrected chi connectivity index (χ2v) is 11.0. The SMILES string of the molecule is CC(C)CN1CCCN(C(=O)Cc2c(F)cccc2Cl)Cc2cc(F)ccc2N(C(=O)c2cccnc2)CCC1. The summed E-state index contributed by atoms with van der Waals surface area (Å²) in [6, 6.07) is 12.0. The van der Waals surface area contributed by atoms with Gasteiger partial charge in [0.05, 0.1) is 12.0 Å². The number of hydrogen-bond donors (Lipinski definition) is 0. The first-order chi connectivity index (χ1) is 19.2. The monoisotopic (exact) mass is 568 g/mol. The number of nitrogens with zero attached hydrogens (tertiary/aromatic N) is 4.